The van der Waals surface area contributed by atoms with Gasteiger partial charge in [0.15, 0.2) is 0 Å². The molecule has 0 aliphatic rings. The van der Waals surface area contributed by atoms with Crippen LogP contribution < -0.4 is 4.72 Å². The van der Waals surface area contributed by atoms with Crippen LogP contribution in [-0.4, -0.2) is 8.42 Å². The summed E-state index contributed by atoms with van der Waals surface area (Å²) < 4.78 is 27.6. The van der Waals surface area contributed by atoms with E-state index in [1.165, 1.54) is 0 Å². The van der Waals surface area contributed by atoms with Gasteiger partial charge < -0.3 is 0 Å². The van der Waals surface area contributed by atoms with E-state index in [4.69, 9.17) is 23.2 Å². The third kappa shape index (κ3) is 4.46. The van der Waals surface area contributed by atoms with E-state index >= 15 is 0 Å². The zero-order chi connectivity index (χ0) is 16.2. The van der Waals surface area contributed by atoms with Crippen molar-refractivity contribution in [3.05, 3.63) is 69.7 Å². The van der Waals surface area contributed by atoms with Gasteiger partial charge in [-0.25, -0.2) is 13.1 Å². The number of hydrogen-bond donors (Lipinski definition) is 1. The van der Waals surface area contributed by atoms with Gasteiger partial charge in [-0.2, -0.15) is 0 Å². The van der Waals surface area contributed by atoms with Crippen LogP contribution in [0, 0.1) is 0 Å². The maximum Gasteiger partial charge on any atom is 0.216 e. The molecular formula is C16H17Cl2NO2S. The minimum Gasteiger partial charge on any atom is -0.212 e. The minimum atomic E-state index is -3.56. The fourth-order valence-electron chi connectivity index (χ4n) is 2.19. The molecule has 0 spiro atoms. The van der Waals surface area contributed by atoms with Gasteiger partial charge in [-0.1, -0.05) is 66.5 Å². The Balaban J connectivity index is 2.20. The lowest BCUT2D eigenvalue weighted by atomic mass is 10.1. The van der Waals surface area contributed by atoms with Gasteiger partial charge in [0.2, 0.25) is 10.0 Å². The normalized spacial score (nSPS) is 13.0. The molecule has 0 unspecified atom stereocenters. The van der Waals surface area contributed by atoms with Crippen LogP contribution in [0.2, 0.25) is 10.0 Å². The lowest BCUT2D eigenvalue weighted by molar-refractivity contribution is 0.549. The van der Waals surface area contributed by atoms with E-state index in [1.807, 2.05) is 37.3 Å². The Morgan fingerprint density at radius 3 is 2.14 bits per heavy atom. The van der Waals surface area contributed by atoms with Gasteiger partial charge in [0.25, 0.3) is 0 Å². The summed E-state index contributed by atoms with van der Waals surface area (Å²) in [5.41, 5.74) is 1.35. The first kappa shape index (κ1) is 17.3. The van der Waals surface area contributed by atoms with Gasteiger partial charge >= 0.3 is 0 Å². The van der Waals surface area contributed by atoms with Crippen molar-refractivity contribution in [2.45, 2.75) is 25.1 Å². The Morgan fingerprint density at radius 2 is 1.59 bits per heavy atom. The van der Waals surface area contributed by atoms with E-state index in [2.05, 4.69) is 4.72 Å². The summed E-state index contributed by atoms with van der Waals surface area (Å²) in [7, 11) is -3.56. The molecule has 2 aromatic carbocycles. The highest BCUT2D eigenvalue weighted by Gasteiger charge is 2.21. The summed E-state index contributed by atoms with van der Waals surface area (Å²) >= 11 is 12.1. The molecule has 0 amide bonds. The van der Waals surface area contributed by atoms with Crippen molar-refractivity contribution >= 4 is 33.2 Å². The average Bonchev–Trinajstić information content (AvgIpc) is 2.50. The molecule has 0 aliphatic heterocycles. The fraction of sp³-hybridized carbons (Fsp3) is 0.250. The third-order valence-electron chi connectivity index (χ3n) is 3.33. The molecule has 2 rings (SSSR count). The van der Waals surface area contributed by atoms with Crippen molar-refractivity contribution in [3.63, 3.8) is 0 Å². The second-order valence-electron chi connectivity index (χ2n) is 4.95. The van der Waals surface area contributed by atoms with E-state index in [0.717, 1.165) is 5.56 Å². The van der Waals surface area contributed by atoms with E-state index in [-0.39, 0.29) is 11.8 Å². The molecule has 0 bridgehead atoms. The van der Waals surface area contributed by atoms with E-state index in [9.17, 15) is 8.42 Å². The second-order valence-corrected chi connectivity index (χ2v) is 7.52. The standard InChI is InChI=1S/C16H17Cl2NO2S/c1-2-16(12-7-4-3-5-8-12)19-22(20,21)11-13-14(17)9-6-10-15(13)18/h3-10,16,19H,2,11H2,1H3/t16-/m1/s1. The lowest BCUT2D eigenvalue weighted by Gasteiger charge is -2.18. The number of halogens is 2. The highest BCUT2D eigenvalue weighted by Crippen LogP contribution is 2.27. The Labute approximate surface area is 141 Å². The average molecular weight is 358 g/mol. The monoisotopic (exact) mass is 357 g/mol. The number of nitrogens with one attached hydrogen (secondary N) is 1. The molecule has 3 nitrogen and oxygen atoms in total. The molecule has 1 atom stereocenters. The maximum atomic E-state index is 12.4. The largest absolute Gasteiger partial charge is 0.216 e. The Morgan fingerprint density at radius 1 is 1.00 bits per heavy atom. The van der Waals surface area contributed by atoms with Crippen molar-refractivity contribution in [2.24, 2.45) is 0 Å². The summed E-state index contributed by atoms with van der Waals surface area (Å²) in [6.07, 6.45) is 0.652. The molecule has 0 heterocycles. The number of sulfonamides is 1. The van der Waals surface area contributed by atoms with Crippen LogP contribution in [0.15, 0.2) is 48.5 Å². The van der Waals surface area contributed by atoms with Gasteiger partial charge in [0.1, 0.15) is 0 Å². The van der Waals surface area contributed by atoms with Crippen LogP contribution in [0.1, 0.15) is 30.5 Å². The fourth-order valence-corrected chi connectivity index (χ4v) is 4.39. The van der Waals surface area contributed by atoms with E-state index in [0.29, 0.717) is 22.0 Å². The molecule has 0 aromatic heterocycles. The molecule has 2 aromatic rings. The molecule has 0 saturated carbocycles. The van der Waals surface area contributed by atoms with Crippen LogP contribution in [0.5, 0.6) is 0 Å². The molecule has 118 valence electrons. The summed E-state index contributed by atoms with van der Waals surface area (Å²) in [6, 6.07) is 14.2. The van der Waals surface area contributed by atoms with Crippen molar-refractivity contribution in [1.29, 1.82) is 0 Å². The van der Waals surface area contributed by atoms with Gasteiger partial charge in [0, 0.05) is 21.7 Å². The molecular weight excluding hydrogens is 341 g/mol. The molecule has 6 heteroatoms. The minimum absolute atomic E-state index is 0.241. The van der Waals surface area contributed by atoms with Crippen molar-refractivity contribution in [1.82, 2.24) is 4.72 Å². The molecule has 1 N–H and O–H groups in total. The predicted molar refractivity (Wildman–Crippen MR) is 91.7 cm³/mol. The van der Waals surface area contributed by atoms with Gasteiger partial charge in [-0.3, -0.25) is 0 Å². The summed E-state index contributed by atoms with van der Waals surface area (Å²) in [5, 5.41) is 0.705. The van der Waals surface area contributed by atoms with Gasteiger partial charge in [-0.15, -0.1) is 0 Å². The Hall–Kier alpha value is -1.07. The van der Waals surface area contributed by atoms with Crippen LogP contribution in [0.25, 0.3) is 0 Å². The number of rotatable bonds is 6. The van der Waals surface area contributed by atoms with Crippen LogP contribution in [0.4, 0.5) is 0 Å². The summed E-state index contributed by atoms with van der Waals surface area (Å²) in [4.78, 5) is 0. The third-order valence-corrected chi connectivity index (χ3v) is 5.35. The van der Waals surface area contributed by atoms with Crippen LogP contribution in [-0.2, 0) is 15.8 Å². The molecule has 0 aliphatic carbocycles. The summed E-state index contributed by atoms with van der Waals surface area (Å²) in [6.45, 7) is 1.93. The van der Waals surface area contributed by atoms with E-state index in [1.54, 1.807) is 18.2 Å². The molecule has 22 heavy (non-hydrogen) atoms. The highest BCUT2D eigenvalue weighted by molar-refractivity contribution is 7.88. The van der Waals surface area contributed by atoms with Crippen molar-refractivity contribution in [2.75, 3.05) is 0 Å². The predicted octanol–water partition coefficient (Wildman–Crippen LogP) is 4.56. The maximum absolute atomic E-state index is 12.4. The van der Waals surface area contributed by atoms with E-state index < -0.39 is 10.0 Å². The van der Waals surface area contributed by atoms with Crippen molar-refractivity contribution in [3.8, 4) is 0 Å². The SMILES string of the molecule is CC[C@@H](NS(=O)(=O)Cc1c(Cl)cccc1Cl)c1ccccc1. The second kappa shape index (κ2) is 7.47. The number of benzene rings is 2. The van der Waals surface area contributed by atoms with Gasteiger partial charge in [-0.05, 0) is 24.1 Å². The Kier molecular flexibility index (Phi) is 5.87. The molecule has 0 radical (unpaired) electrons. The zero-order valence-corrected chi connectivity index (χ0v) is 14.4. The topological polar surface area (TPSA) is 46.2 Å². The highest BCUT2D eigenvalue weighted by atomic mass is 35.5. The van der Waals surface area contributed by atoms with Gasteiger partial charge in [0.05, 0.1) is 5.75 Å². The smallest absolute Gasteiger partial charge is 0.212 e. The molecule has 0 fully saturated rings. The Bertz CT molecular complexity index is 713. The molecule has 0 saturated heterocycles. The first-order chi connectivity index (χ1) is 10.4. The van der Waals surface area contributed by atoms with Crippen LogP contribution in [0.3, 0.4) is 0 Å². The first-order valence-electron chi connectivity index (χ1n) is 6.91. The number of hydrogen-bond acceptors (Lipinski definition) is 2. The quantitative estimate of drug-likeness (QED) is 0.823. The van der Waals surface area contributed by atoms with Crippen LogP contribution >= 0.6 is 23.2 Å². The lowest BCUT2D eigenvalue weighted by Crippen LogP contribution is -2.29. The first-order valence-corrected chi connectivity index (χ1v) is 9.31. The van der Waals surface area contributed by atoms with Crippen molar-refractivity contribution < 1.29 is 8.42 Å². The summed E-state index contributed by atoms with van der Waals surface area (Å²) in [5.74, 6) is -0.241. The zero-order valence-electron chi connectivity index (χ0n) is 12.1.